The van der Waals surface area contributed by atoms with Gasteiger partial charge < -0.3 is 14.4 Å². The Morgan fingerprint density at radius 3 is 2.33 bits per heavy atom. The van der Waals surface area contributed by atoms with Crippen molar-refractivity contribution < 1.29 is 14.3 Å². The molecule has 0 aliphatic carbocycles. The van der Waals surface area contributed by atoms with E-state index in [-0.39, 0.29) is 18.2 Å². The van der Waals surface area contributed by atoms with E-state index < -0.39 is 0 Å². The number of carbonyl (C=O) groups is 1. The number of benzene rings is 1. The molecule has 0 spiro atoms. The molecular weight excluding hydrogens is 304 g/mol. The van der Waals surface area contributed by atoms with E-state index in [0.717, 1.165) is 44.2 Å². The highest BCUT2D eigenvalue weighted by Gasteiger charge is 2.20. The first kappa shape index (κ1) is 18.6. The van der Waals surface area contributed by atoms with Crippen LogP contribution in [0.4, 0.5) is 5.69 Å². The average molecular weight is 334 g/mol. The van der Waals surface area contributed by atoms with E-state index in [0.29, 0.717) is 6.42 Å². The Labute approximate surface area is 145 Å². The van der Waals surface area contributed by atoms with Crippen molar-refractivity contribution in [2.75, 3.05) is 37.6 Å². The van der Waals surface area contributed by atoms with Crippen LogP contribution in [0.2, 0.25) is 0 Å². The van der Waals surface area contributed by atoms with Crippen LogP contribution in [0, 0.1) is 0 Å². The maximum absolute atomic E-state index is 11.7. The predicted molar refractivity (Wildman–Crippen MR) is 96.7 cm³/mol. The summed E-state index contributed by atoms with van der Waals surface area (Å²) in [5.41, 5.74) is 1.16. The molecule has 0 saturated carbocycles. The molecule has 2 rings (SSSR count). The van der Waals surface area contributed by atoms with E-state index in [4.69, 9.17) is 9.47 Å². The van der Waals surface area contributed by atoms with Crippen LogP contribution in [0.5, 0.6) is 5.75 Å². The quantitative estimate of drug-likeness (QED) is 0.717. The Morgan fingerprint density at radius 1 is 1.04 bits per heavy atom. The van der Waals surface area contributed by atoms with Crippen molar-refractivity contribution in [3.8, 4) is 5.75 Å². The van der Waals surface area contributed by atoms with Crippen LogP contribution in [-0.2, 0) is 9.53 Å². The highest BCUT2D eigenvalue weighted by atomic mass is 16.5. The molecule has 0 bridgehead atoms. The van der Waals surface area contributed by atoms with Crippen LogP contribution in [0.15, 0.2) is 24.3 Å². The summed E-state index contributed by atoms with van der Waals surface area (Å²) in [7, 11) is 0. The summed E-state index contributed by atoms with van der Waals surface area (Å²) in [5, 5.41) is 0. The number of ether oxygens (including phenoxy) is 2. The lowest BCUT2D eigenvalue weighted by Crippen LogP contribution is -2.47. The second-order valence-electron chi connectivity index (χ2n) is 6.75. The first-order valence-corrected chi connectivity index (χ1v) is 8.88. The number of esters is 1. The third kappa shape index (κ3) is 5.71. The molecule has 1 aliphatic rings. The molecule has 1 fully saturated rings. The first-order valence-electron chi connectivity index (χ1n) is 8.88. The van der Waals surface area contributed by atoms with Crippen LogP contribution < -0.4 is 9.64 Å². The van der Waals surface area contributed by atoms with Crippen molar-refractivity contribution in [1.29, 1.82) is 0 Å². The van der Waals surface area contributed by atoms with Crippen LogP contribution >= 0.6 is 0 Å². The van der Waals surface area contributed by atoms with Gasteiger partial charge in [-0.2, -0.15) is 0 Å². The average Bonchev–Trinajstić information content (AvgIpc) is 2.53. The van der Waals surface area contributed by atoms with Crippen molar-refractivity contribution in [3.63, 3.8) is 0 Å². The molecule has 1 aromatic rings. The zero-order valence-electron chi connectivity index (χ0n) is 15.3. The van der Waals surface area contributed by atoms with E-state index in [1.807, 2.05) is 39.8 Å². The summed E-state index contributed by atoms with van der Waals surface area (Å²) >= 11 is 0. The van der Waals surface area contributed by atoms with Crippen LogP contribution in [0.25, 0.3) is 0 Å². The summed E-state index contributed by atoms with van der Waals surface area (Å²) in [6.45, 7) is 12.4. The Morgan fingerprint density at radius 2 is 1.71 bits per heavy atom. The maximum Gasteiger partial charge on any atom is 0.307 e. The van der Waals surface area contributed by atoms with Gasteiger partial charge in [0.1, 0.15) is 5.75 Å². The van der Waals surface area contributed by atoms with Gasteiger partial charge >= 0.3 is 5.97 Å². The summed E-state index contributed by atoms with van der Waals surface area (Å²) in [6, 6.07) is 8.21. The second-order valence-corrected chi connectivity index (χ2v) is 6.75. The Balaban J connectivity index is 1.84. The summed E-state index contributed by atoms with van der Waals surface area (Å²) in [6.07, 6.45) is 0.594. The van der Waals surface area contributed by atoms with Gasteiger partial charge in [0, 0.05) is 32.7 Å². The Kier molecular flexibility index (Phi) is 6.91. The fourth-order valence-electron chi connectivity index (χ4n) is 2.86. The smallest absolute Gasteiger partial charge is 0.307 e. The molecular formula is C19H30N2O3. The molecule has 134 valence electrons. The number of hydrogen-bond acceptors (Lipinski definition) is 5. The molecule has 0 atom stereocenters. The highest BCUT2D eigenvalue weighted by molar-refractivity contribution is 5.69. The van der Waals surface area contributed by atoms with Gasteiger partial charge in [-0.1, -0.05) is 12.1 Å². The van der Waals surface area contributed by atoms with Gasteiger partial charge in [-0.25, -0.2) is 0 Å². The van der Waals surface area contributed by atoms with E-state index in [9.17, 15) is 4.79 Å². The number of rotatable bonds is 7. The third-order valence-corrected chi connectivity index (χ3v) is 3.94. The lowest BCUT2D eigenvalue weighted by atomic mass is 10.2. The number of carbonyl (C=O) groups excluding carboxylic acids is 1. The number of anilines is 1. The Bertz CT molecular complexity index is 523. The van der Waals surface area contributed by atoms with Crippen molar-refractivity contribution in [3.05, 3.63) is 24.3 Å². The van der Waals surface area contributed by atoms with Gasteiger partial charge in [0.15, 0.2) is 0 Å². The molecule has 24 heavy (non-hydrogen) atoms. The lowest BCUT2D eigenvalue weighted by molar-refractivity contribution is -0.147. The molecule has 0 unspecified atom stereocenters. The van der Waals surface area contributed by atoms with Crippen LogP contribution in [0.3, 0.4) is 0 Å². The molecule has 5 heteroatoms. The van der Waals surface area contributed by atoms with E-state index in [1.54, 1.807) is 0 Å². The molecule has 1 aromatic carbocycles. The van der Waals surface area contributed by atoms with Crippen LogP contribution in [0.1, 0.15) is 34.1 Å². The third-order valence-electron chi connectivity index (χ3n) is 3.94. The SMILES string of the molecule is CC(C)OC(=O)CCN1CCN(c2ccccc2OC(C)C)CC1. The molecule has 0 amide bonds. The van der Waals surface area contributed by atoms with E-state index in [2.05, 4.69) is 21.9 Å². The minimum atomic E-state index is -0.108. The van der Waals surface area contributed by atoms with Gasteiger partial charge in [-0.05, 0) is 39.8 Å². The second kappa shape index (κ2) is 8.92. The number of nitrogens with zero attached hydrogens (tertiary/aromatic N) is 2. The Hall–Kier alpha value is -1.75. The topological polar surface area (TPSA) is 42.0 Å². The molecule has 1 aliphatic heterocycles. The van der Waals surface area contributed by atoms with Crippen molar-refractivity contribution in [2.45, 2.75) is 46.3 Å². The zero-order chi connectivity index (χ0) is 17.5. The van der Waals surface area contributed by atoms with Gasteiger partial charge in [0.05, 0.1) is 24.3 Å². The molecule has 0 N–H and O–H groups in total. The number of para-hydroxylation sites is 2. The highest BCUT2D eigenvalue weighted by Crippen LogP contribution is 2.29. The number of hydrogen-bond donors (Lipinski definition) is 0. The summed E-state index contributed by atoms with van der Waals surface area (Å²) in [4.78, 5) is 16.3. The van der Waals surface area contributed by atoms with E-state index >= 15 is 0 Å². The van der Waals surface area contributed by atoms with Crippen LogP contribution in [-0.4, -0.2) is 55.8 Å². The summed E-state index contributed by atoms with van der Waals surface area (Å²) < 4.78 is 11.1. The molecule has 0 radical (unpaired) electrons. The van der Waals surface area contributed by atoms with Gasteiger partial charge in [0.2, 0.25) is 0 Å². The van der Waals surface area contributed by atoms with Crippen molar-refractivity contribution in [2.24, 2.45) is 0 Å². The lowest BCUT2D eigenvalue weighted by Gasteiger charge is -2.36. The van der Waals surface area contributed by atoms with Gasteiger partial charge in [0.25, 0.3) is 0 Å². The molecule has 5 nitrogen and oxygen atoms in total. The van der Waals surface area contributed by atoms with Gasteiger partial charge in [-0.15, -0.1) is 0 Å². The van der Waals surface area contributed by atoms with Gasteiger partial charge in [-0.3, -0.25) is 9.69 Å². The fourth-order valence-corrected chi connectivity index (χ4v) is 2.86. The standard InChI is InChI=1S/C19H30N2O3/c1-15(2)23-18-8-6-5-7-17(18)21-13-11-20(12-14-21)10-9-19(22)24-16(3)4/h5-8,15-16H,9-14H2,1-4H3. The predicted octanol–water partition coefficient (Wildman–Crippen LogP) is 2.94. The monoisotopic (exact) mass is 334 g/mol. The summed E-state index contributed by atoms with van der Waals surface area (Å²) in [5.74, 6) is 0.838. The molecule has 1 heterocycles. The first-order chi connectivity index (χ1) is 11.5. The zero-order valence-corrected chi connectivity index (χ0v) is 15.3. The van der Waals surface area contributed by atoms with Crippen molar-refractivity contribution in [1.82, 2.24) is 4.90 Å². The van der Waals surface area contributed by atoms with E-state index in [1.165, 1.54) is 0 Å². The minimum Gasteiger partial charge on any atom is -0.489 e. The molecule has 1 saturated heterocycles. The maximum atomic E-state index is 11.7. The fraction of sp³-hybridized carbons (Fsp3) is 0.632. The molecule has 0 aromatic heterocycles. The minimum absolute atomic E-state index is 0.0354. The normalized spacial score (nSPS) is 15.8. The largest absolute Gasteiger partial charge is 0.489 e. The van der Waals surface area contributed by atoms with Crippen molar-refractivity contribution >= 4 is 11.7 Å². The number of piperazine rings is 1.